The van der Waals surface area contributed by atoms with E-state index < -0.39 is 0 Å². The predicted octanol–water partition coefficient (Wildman–Crippen LogP) is 2.40. The maximum Gasteiger partial charge on any atom is 0.0522 e. The second-order valence-corrected chi connectivity index (χ2v) is 4.11. The molecule has 0 unspecified atom stereocenters. The maximum absolute atomic E-state index is 4.20. The topological polar surface area (TPSA) is 15.6 Å². The molecule has 0 radical (unpaired) electrons. The number of hydrogen-bond acceptors (Lipinski definition) is 2. The van der Waals surface area contributed by atoms with Gasteiger partial charge >= 0.3 is 0 Å². The third-order valence-electron chi connectivity index (χ3n) is 1.97. The zero-order valence-corrected chi connectivity index (χ0v) is 8.26. The number of likely N-dealkylation sites (N-methyl/N-ethyl adjacent to an activating group) is 1. The van der Waals surface area contributed by atoms with Gasteiger partial charge in [0.05, 0.1) is 11.9 Å². The molecule has 12 heavy (non-hydrogen) atoms. The average molecular weight is 164 g/mol. The standard InChI is InChI=1S/C10H16N2/c1-8-6-9(10(2,3)4)7-11-12(8)5/h6-7H,1H2,2-5H3. The Morgan fingerprint density at radius 2 is 2.00 bits per heavy atom. The van der Waals surface area contributed by atoms with E-state index in [1.54, 1.807) is 5.01 Å². The van der Waals surface area contributed by atoms with Gasteiger partial charge in [-0.1, -0.05) is 27.4 Å². The van der Waals surface area contributed by atoms with Crippen LogP contribution >= 0.6 is 0 Å². The van der Waals surface area contributed by atoms with Gasteiger partial charge in [-0.15, -0.1) is 0 Å². The summed E-state index contributed by atoms with van der Waals surface area (Å²) < 4.78 is 0. The first-order valence-corrected chi connectivity index (χ1v) is 4.10. The largest absolute Gasteiger partial charge is 0.269 e. The second kappa shape index (κ2) is 2.77. The van der Waals surface area contributed by atoms with Crippen molar-refractivity contribution in [3.63, 3.8) is 0 Å². The molecule has 0 aliphatic carbocycles. The fourth-order valence-corrected chi connectivity index (χ4v) is 0.943. The normalized spacial score (nSPS) is 18.2. The van der Waals surface area contributed by atoms with Gasteiger partial charge in [-0.05, 0) is 17.1 Å². The van der Waals surface area contributed by atoms with Crippen molar-refractivity contribution in [2.45, 2.75) is 20.8 Å². The van der Waals surface area contributed by atoms with E-state index in [1.807, 2.05) is 13.3 Å². The highest BCUT2D eigenvalue weighted by Gasteiger charge is 2.18. The van der Waals surface area contributed by atoms with Gasteiger partial charge in [-0.3, -0.25) is 5.01 Å². The number of rotatable bonds is 0. The van der Waals surface area contributed by atoms with E-state index in [1.165, 1.54) is 5.57 Å². The summed E-state index contributed by atoms with van der Waals surface area (Å²) >= 11 is 0. The van der Waals surface area contributed by atoms with Crippen LogP contribution in [0.4, 0.5) is 0 Å². The fraction of sp³-hybridized carbons (Fsp3) is 0.500. The van der Waals surface area contributed by atoms with Gasteiger partial charge in [0.2, 0.25) is 0 Å². The summed E-state index contributed by atoms with van der Waals surface area (Å²) in [5, 5.41) is 5.97. The number of nitrogens with zero attached hydrogens (tertiary/aromatic N) is 2. The van der Waals surface area contributed by atoms with Crippen LogP contribution in [0.2, 0.25) is 0 Å². The minimum Gasteiger partial charge on any atom is -0.269 e. The van der Waals surface area contributed by atoms with Crippen molar-refractivity contribution in [3.05, 3.63) is 23.9 Å². The molecule has 0 saturated carbocycles. The van der Waals surface area contributed by atoms with Crippen molar-refractivity contribution in [1.29, 1.82) is 0 Å². The molecule has 0 aromatic rings. The third-order valence-corrected chi connectivity index (χ3v) is 1.97. The molecule has 1 rings (SSSR count). The fourth-order valence-electron chi connectivity index (χ4n) is 0.943. The van der Waals surface area contributed by atoms with Crippen LogP contribution in [0.15, 0.2) is 29.0 Å². The molecule has 0 spiro atoms. The number of hydrazone groups is 1. The molecule has 2 nitrogen and oxygen atoms in total. The van der Waals surface area contributed by atoms with Crippen molar-refractivity contribution >= 4 is 6.21 Å². The highest BCUT2D eigenvalue weighted by molar-refractivity contribution is 5.81. The minimum absolute atomic E-state index is 0.160. The van der Waals surface area contributed by atoms with Crippen LogP contribution in [0, 0.1) is 5.41 Å². The Morgan fingerprint density at radius 3 is 2.42 bits per heavy atom. The molecule has 0 aromatic carbocycles. The third kappa shape index (κ3) is 1.76. The summed E-state index contributed by atoms with van der Waals surface area (Å²) in [6, 6.07) is 0. The molecule has 1 aliphatic heterocycles. The monoisotopic (exact) mass is 164 g/mol. The molecule has 0 aromatic heterocycles. The summed E-state index contributed by atoms with van der Waals surface area (Å²) in [6.07, 6.45) is 3.97. The van der Waals surface area contributed by atoms with Crippen molar-refractivity contribution < 1.29 is 0 Å². The van der Waals surface area contributed by atoms with Crippen molar-refractivity contribution in [1.82, 2.24) is 5.01 Å². The first-order chi connectivity index (χ1) is 5.41. The Kier molecular flexibility index (Phi) is 2.09. The summed E-state index contributed by atoms with van der Waals surface area (Å²) in [7, 11) is 1.90. The Labute approximate surface area is 74.3 Å². The Morgan fingerprint density at radius 1 is 1.42 bits per heavy atom. The van der Waals surface area contributed by atoms with Gasteiger partial charge in [-0.25, -0.2) is 0 Å². The molecule has 0 bridgehead atoms. The van der Waals surface area contributed by atoms with E-state index in [0.29, 0.717) is 0 Å². The zero-order valence-electron chi connectivity index (χ0n) is 8.26. The van der Waals surface area contributed by atoms with Crippen LogP contribution in [0.1, 0.15) is 20.8 Å². The molecule has 2 heteroatoms. The van der Waals surface area contributed by atoms with Gasteiger partial charge < -0.3 is 0 Å². The molecular formula is C10H16N2. The van der Waals surface area contributed by atoms with Crippen LogP contribution in [-0.2, 0) is 0 Å². The molecule has 0 atom stereocenters. The molecule has 0 N–H and O–H groups in total. The van der Waals surface area contributed by atoms with Gasteiger partial charge in [0, 0.05) is 7.05 Å². The maximum atomic E-state index is 4.20. The second-order valence-electron chi connectivity index (χ2n) is 4.11. The van der Waals surface area contributed by atoms with E-state index in [4.69, 9.17) is 0 Å². The first-order valence-electron chi connectivity index (χ1n) is 4.10. The van der Waals surface area contributed by atoms with Gasteiger partial charge in [-0.2, -0.15) is 5.10 Å². The lowest BCUT2D eigenvalue weighted by Crippen LogP contribution is -2.19. The van der Waals surface area contributed by atoms with Gasteiger partial charge in [0.1, 0.15) is 0 Å². The SMILES string of the molecule is C=C1C=C(C(C)(C)C)C=NN1C. The van der Waals surface area contributed by atoms with Crippen LogP contribution in [0.5, 0.6) is 0 Å². The van der Waals surface area contributed by atoms with E-state index in [2.05, 4.69) is 38.5 Å². The average Bonchev–Trinajstić information content (AvgIpc) is 1.92. The van der Waals surface area contributed by atoms with Crippen LogP contribution in [-0.4, -0.2) is 18.3 Å². The lowest BCUT2D eigenvalue weighted by molar-refractivity contribution is 0.446. The smallest absolute Gasteiger partial charge is 0.0522 e. The number of hydrogen-bond donors (Lipinski definition) is 0. The number of allylic oxidation sites excluding steroid dienone is 2. The van der Waals surface area contributed by atoms with Crippen molar-refractivity contribution in [3.8, 4) is 0 Å². The lowest BCUT2D eigenvalue weighted by Gasteiger charge is -2.25. The zero-order chi connectivity index (χ0) is 9.35. The van der Waals surface area contributed by atoms with Crippen molar-refractivity contribution in [2.75, 3.05) is 7.05 Å². The molecule has 1 aliphatic rings. The molecular weight excluding hydrogens is 148 g/mol. The van der Waals surface area contributed by atoms with E-state index in [0.717, 1.165) is 5.70 Å². The molecule has 0 saturated heterocycles. The molecule has 1 heterocycles. The summed E-state index contributed by atoms with van der Waals surface area (Å²) in [4.78, 5) is 0. The molecule has 0 fully saturated rings. The summed E-state index contributed by atoms with van der Waals surface area (Å²) in [6.45, 7) is 10.4. The quantitative estimate of drug-likeness (QED) is 0.537. The molecule has 0 amide bonds. The lowest BCUT2D eigenvalue weighted by atomic mass is 9.86. The van der Waals surface area contributed by atoms with E-state index >= 15 is 0 Å². The molecule has 66 valence electrons. The minimum atomic E-state index is 0.160. The Hall–Kier alpha value is -1.05. The van der Waals surface area contributed by atoms with Crippen LogP contribution in [0.25, 0.3) is 0 Å². The Balaban J connectivity index is 2.91. The van der Waals surface area contributed by atoms with E-state index in [-0.39, 0.29) is 5.41 Å². The summed E-state index contributed by atoms with van der Waals surface area (Å²) in [5.74, 6) is 0. The van der Waals surface area contributed by atoms with E-state index in [9.17, 15) is 0 Å². The first kappa shape index (κ1) is 9.04. The highest BCUT2D eigenvalue weighted by Crippen LogP contribution is 2.27. The predicted molar refractivity (Wildman–Crippen MR) is 52.9 cm³/mol. The highest BCUT2D eigenvalue weighted by atomic mass is 15.4. The Bertz CT molecular complexity index is 254. The van der Waals surface area contributed by atoms with Crippen LogP contribution < -0.4 is 0 Å². The van der Waals surface area contributed by atoms with Gasteiger partial charge in [0.15, 0.2) is 0 Å². The van der Waals surface area contributed by atoms with Gasteiger partial charge in [0.25, 0.3) is 0 Å². The van der Waals surface area contributed by atoms with Crippen molar-refractivity contribution in [2.24, 2.45) is 10.5 Å². The van der Waals surface area contributed by atoms with Crippen LogP contribution in [0.3, 0.4) is 0 Å². The summed E-state index contributed by atoms with van der Waals surface area (Å²) in [5.41, 5.74) is 2.33.